The molecule has 0 aliphatic heterocycles. The van der Waals surface area contributed by atoms with E-state index < -0.39 is 10.0 Å². The zero-order chi connectivity index (χ0) is 13.2. The molecule has 0 saturated carbocycles. The first-order valence-electron chi connectivity index (χ1n) is 4.91. The topological polar surface area (TPSA) is 88.3 Å². The summed E-state index contributed by atoms with van der Waals surface area (Å²) >= 11 is 5.83. The molecule has 3 N–H and O–H groups in total. The predicted octanol–water partition coefficient (Wildman–Crippen LogP) is 1.05. The number of halogens is 1. The second kappa shape index (κ2) is 5.18. The van der Waals surface area contributed by atoms with Crippen LogP contribution in [0, 0.1) is 0 Å². The van der Waals surface area contributed by atoms with Crippen molar-refractivity contribution in [3.05, 3.63) is 17.3 Å². The molecule has 1 aromatic rings. The zero-order valence-electron chi connectivity index (χ0n) is 9.81. The van der Waals surface area contributed by atoms with E-state index in [1.807, 2.05) is 0 Å². The van der Waals surface area contributed by atoms with Crippen LogP contribution in [0.4, 0.5) is 5.82 Å². The summed E-state index contributed by atoms with van der Waals surface area (Å²) in [6.07, 6.45) is 1.22. The Bertz CT molecular complexity index is 504. The molecule has 0 atom stereocenters. The molecule has 0 unspecified atom stereocenters. The van der Waals surface area contributed by atoms with Crippen molar-refractivity contribution in [2.75, 3.05) is 12.5 Å². The van der Waals surface area contributed by atoms with Crippen LogP contribution in [0.3, 0.4) is 0 Å². The summed E-state index contributed by atoms with van der Waals surface area (Å²) in [5.41, 5.74) is 2.27. The molecule has 17 heavy (non-hydrogen) atoms. The number of hydrogen-bond donors (Lipinski definition) is 2. The van der Waals surface area contributed by atoms with E-state index in [2.05, 4.69) is 10.4 Å². The van der Waals surface area contributed by atoms with Gasteiger partial charge in [-0.1, -0.05) is 11.6 Å². The van der Waals surface area contributed by atoms with Crippen molar-refractivity contribution in [1.82, 2.24) is 9.29 Å². The standard InChI is InChI=1S/C9H15ClN4O2S/c1-6(2)14(3)17(15,16)7-4-8(10)9(13-11)12-5-7/h4-6H,11H2,1-3H3,(H,12,13). The van der Waals surface area contributed by atoms with Crippen LogP contribution in [0.15, 0.2) is 17.2 Å². The van der Waals surface area contributed by atoms with Gasteiger partial charge in [0, 0.05) is 19.3 Å². The lowest BCUT2D eigenvalue weighted by Crippen LogP contribution is -2.33. The highest BCUT2D eigenvalue weighted by atomic mass is 35.5. The minimum atomic E-state index is -3.57. The first kappa shape index (κ1) is 14.2. The molecule has 0 amide bonds. The van der Waals surface area contributed by atoms with Gasteiger partial charge in [-0.15, -0.1) is 0 Å². The van der Waals surface area contributed by atoms with E-state index in [0.29, 0.717) is 0 Å². The van der Waals surface area contributed by atoms with E-state index in [-0.39, 0.29) is 21.8 Å². The highest BCUT2D eigenvalue weighted by Crippen LogP contribution is 2.23. The SMILES string of the molecule is CC(C)N(C)S(=O)(=O)c1cnc(NN)c(Cl)c1. The van der Waals surface area contributed by atoms with Gasteiger partial charge in [0.1, 0.15) is 4.90 Å². The maximum Gasteiger partial charge on any atom is 0.244 e. The van der Waals surface area contributed by atoms with Crippen molar-refractivity contribution < 1.29 is 8.42 Å². The van der Waals surface area contributed by atoms with Gasteiger partial charge >= 0.3 is 0 Å². The van der Waals surface area contributed by atoms with Crippen LogP contribution in [-0.2, 0) is 10.0 Å². The lowest BCUT2D eigenvalue weighted by Gasteiger charge is -2.20. The Balaban J connectivity index is 3.21. The van der Waals surface area contributed by atoms with Gasteiger partial charge in [0.15, 0.2) is 5.82 Å². The molecule has 0 spiro atoms. The quantitative estimate of drug-likeness (QED) is 0.635. The van der Waals surface area contributed by atoms with Crippen LogP contribution in [0.2, 0.25) is 5.02 Å². The smallest absolute Gasteiger partial charge is 0.244 e. The Morgan fingerprint density at radius 1 is 1.53 bits per heavy atom. The normalized spacial score (nSPS) is 12.2. The highest BCUT2D eigenvalue weighted by Gasteiger charge is 2.24. The van der Waals surface area contributed by atoms with Gasteiger partial charge in [-0.25, -0.2) is 19.2 Å². The molecule has 0 radical (unpaired) electrons. The van der Waals surface area contributed by atoms with Crippen molar-refractivity contribution in [3.63, 3.8) is 0 Å². The molecule has 0 bridgehead atoms. The first-order chi connectivity index (χ1) is 7.80. The summed E-state index contributed by atoms with van der Waals surface area (Å²) in [5, 5.41) is 0.158. The van der Waals surface area contributed by atoms with Gasteiger partial charge < -0.3 is 5.43 Å². The zero-order valence-corrected chi connectivity index (χ0v) is 11.4. The number of nitrogens with one attached hydrogen (secondary N) is 1. The summed E-state index contributed by atoms with van der Waals surface area (Å²) in [4.78, 5) is 3.87. The first-order valence-corrected chi connectivity index (χ1v) is 6.72. The largest absolute Gasteiger partial charge is 0.307 e. The lowest BCUT2D eigenvalue weighted by molar-refractivity contribution is 0.410. The van der Waals surface area contributed by atoms with Crippen molar-refractivity contribution in [2.24, 2.45) is 5.84 Å². The average Bonchev–Trinajstić information content (AvgIpc) is 2.27. The maximum absolute atomic E-state index is 12.1. The Labute approximate surface area is 106 Å². The molecule has 1 aromatic heterocycles. The van der Waals surface area contributed by atoms with Gasteiger partial charge in [0.25, 0.3) is 0 Å². The summed E-state index contributed by atoms with van der Waals surface area (Å²) in [7, 11) is -2.06. The number of nitrogen functional groups attached to an aromatic ring is 1. The van der Waals surface area contributed by atoms with Crippen LogP contribution in [-0.4, -0.2) is 30.8 Å². The lowest BCUT2D eigenvalue weighted by atomic mass is 10.4. The fourth-order valence-electron chi connectivity index (χ4n) is 1.11. The van der Waals surface area contributed by atoms with Crippen LogP contribution < -0.4 is 11.3 Å². The van der Waals surface area contributed by atoms with E-state index in [9.17, 15) is 8.42 Å². The number of hydrogen-bond acceptors (Lipinski definition) is 5. The summed E-state index contributed by atoms with van der Waals surface area (Å²) in [6, 6.07) is 1.17. The minimum Gasteiger partial charge on any atom is -0.307 e. The number of rotatable bonds is 4. The number of aromatic nitrogens is 1. The molecule has 0 saturated heterocycles. The number of sulfonamides is 1. The monoisotopic (exact) mass is 278 g/mol. The van der Waals surface area contributed by atoms with Gasteiger partial charge in [-0.3, -0.25) is 0 Å². The molecule has 0 aromatic carbocycles. The number of anilines is 1. The van der Waals surface area contributed by atoms with E-state index in [4.69, 9.17) is 17.4 Å². The predicted molar refractivity (Wildman–Crippen MR) is 67.1 cm³/mol. The van der Waals surface area contributed by atoms with Crippen LogP contribution >= 0.6 is 11.6 Å². The number of pyridine rings is 1. The van der Waals surface area contributed by atoms with E-state index in [1.165, 1.54) is 23.6 Å². The Kier molecular flexibility index (Phi) is 4.31. The molecular weight excluding hydrogens is 264 g/mol. The highest BCUT2D eigenvalue weighted by molar-refractivity contribution is 7.89. The second-order valence-electron chi connectivity index (χ2n) is 3.76. The fourth-order valence-corrected chi connectivity index (χ4v) is 2.74. The second-order valence-corrected chi connectivity index (χ2v) is 6.17. The molecule has 96 valence electrons. The molecule has 1 heterocycles. The van der Waals surface area contributed by atoms with Gasteiger partial charge in [-0.05, 0) is 19.9 Å². The number of nitrogens with zero attached hydrogens (tertiary/aromatic N) is 2. The Morgan fingerprint density at radius 3 is 2.53 bits per heavy atom. The third kappa shape index (κ3) is 2.86. The van der Waals surface area contributed by atoms with Gasteiger partial charge in [0.2, 0.25) is 10.0 Å². The molecule has 8 heteroatoms. The fraction of sp³-hybridized carbons (Fsp3) is 0.444. The number of hydrazine groups is 1. The molecule has 0 aliphatic carbocycles. The van der Waals surface area contributed by atoms with E-state index in [1.54, 1.807) is 13.8 Å². The Hall–Kier alpha value is -0.890. The third-order valence-corrected chi connectivity index (χ3v) is 4.64. The third-order valence-electron chi connectivity index (χ3n) is 2.36. The molecule has 0 fully saturated rings. The summed E-state index contributed by atoms with van der Waals surface area (Å²) in [6.45, 7) is 3.56. The molecular formula is C9H15ClN4O2S. The minimum absolute atomic E-state index is 0.0395. The van der Waals surface area contributed by atoms with E-state index in [0.717, 1.165) is 0 Å². The van der Waals surface area contributed by atoms with Gasteiger partial charge in [0.05, 0.1) is 5.02 Å². The summed E-state index contributed by atoms with van der Waals surface area (Å²) in [5.74, 6) is 5.40. The van der Waals surface area contributed by atoms with Crippen LogP contribution in [0.1, 0.15) is 13.8 Å². The van der Waals surface area contributed by atoms with Crippen molar-refractivity contribution in [2.45, 2.75) is 24.8 Å². The van der Waals surface area contributed by atoms with Crippen LogP contribution in [0.5, 0.6) is 0 Å². The van der Waals surface area contributed by atoms with Crippen LogP contribution in [0.25, 0.3) is 0 Å². The van der Waals surface area contributed by atoms with E-state index >= 15 is 0 Å². The Morgan fingerprint density at radius 2 is 2.12 bits per heavy atom. The molecule has 0 aliphatic rings. The van der Waals surface area contributed by atoms with Gasteiger partial charge in [-0.2, -0.15) is 4.31 Å². The molecule has 1 rings (SSSR count). The average molecular weight is 279 g/mol. The maximum atomic E-state index is 12.1. The molecule has 6 nitrogen and oxygen atoms in total. The number of nitrogens with two attached hydrogens (primary N) is 1. The van der Waals surface area contributed by atoms with Crippen molar-refractivity contribution in [1.29, 1.82) is 0 Å². The summed E-state index contributed by atoms with van der Waals surface area (Å²) < 4.78 is 25.4. The van der Waals surface area contributed by atoms with Crippen molar-refractivity contribution in [3.8, 4) is 0 Å². The van der Waals surface area contributed by atoms with Crippen molar-refractivity contribution >= 4 is 27.4 Å².